The van der Waals surface area contributed by atoms with Crippen molar-refractivity contribution in [2.75, 3.05) is 18.9 Å². The number of hydrogen-bond acceptors (Lipinski definition) is 6. The lowest BCUT2D eigenvalue weighted by Crippen LogP contribution is -2.52. The molecule has 0 aliphatic rings. The third-order valence-electron chi connectivity index (χ3n) is 4.71. The van der Waals surface area contributed by atoms with Crippen LogP contribution >= 0.6 is 0 Å². The first-order chi connectivity index (χ1) is 11.9. The molecule has 2 N–H and O–H groups in total. The average Bonchev–Trinajstić information content (AvgIpc) is 2.46. The monoisotopic (exact) mass is 425 g/mol. The van der Waals surface area contributed by atoms with E-state index in [-0.39, 0.29) is 36.3 Å². The molecule has 0 saturated heterocycles. The number of amides is 1. The predicted molar refractivity (Wildman–Crippen MR) is 107 cm³/mol. The van der Waals surface area contributed by atoms with Gasteiger partial charge >= 0.3 is 5.97 Å². The standard InChI is InChI=1S/C17H35NO7SSi/c1-13(19)18-10-9-11-26(22,23)24-12-17(5,6)14(15(20)21)25-27(7,8)16(2,3)4/h14H,9-12H2,1-8H3,(H,18,19)(H,20,21)/t14-/m0/s1. The molecular formula is C17H35NO7SSi. The van der Waals surface area contributed by atoms with Crippen LogP contribution in [0.4, 0.5) is 0 Å². The van der Waals surface area contributed by atoms with E-state index in [0.717, 1.165) is 0 Å². The van der Waals surface area contributed by atoms with Gasteiger partial charge in [0.2, 0.25) is 5.91 Å². The van der Waals surface area contributed by atoms with Crippen molar-refractivity contribution in [2.24, 2.45) is 5.41 Å². The zero-order chi connectivity index (χ0) is 21.7. The number of aliphatic carboxylic acids is 1. The van der Waals surface area contributed by atoms with Gasteiger partial charge in [-0.25, -0.2) is 4.79 Å². The summed E-state index contributed by atoms with van der Waals surface area (Å²) in [5.74, 6) is -1.64. The Morgan fingerprint density at radius 3 is 2.07 bits per heavy atom. The topological polar surface area (TPSA) is 119 Å². The van der Waals surface area contributed by atoms with Crippen molar-refractivity contribution >= 4 is 30.3 Å². The van der Waals surface area contributed by atoms with Gasteiger partial charge in [0.05, 0.1) is 12.4 Å². The molecule has 0 rings (SSSR count). The summed E-state index contributed by atoms with van der Waals surface area (Å²) in [4.78, 5) is 22.6. The molecule has 1 amide bonds. The zero-order valence-corrected chi connectivity index (χ0v) is 19.5. The molecule has 0 aliphatic heterocycles. The van der Waals surface area contributed by atoms with E-state index in [1.165, 1.54) is 6.92 Å². The Hall–Kier alpha value is -0.973. The fourth-order valence-electron chi connectivity index (χ4n) is 1.91. The largest absolute Gasteiger partial charge is 0.479 e. The minimum Gasteiger partial charge on any atom is -0.479 e. The fourth-order valence-corrected chi connectivity index (χ4v) is 4.37. The third kappa shape index (κ3) is 9.18. The van der Waals surface area contributed by atoms with Crippen LogP contribution in [-0.4, -0.2) is 58.7 Å². The Balaban J connectivity index is 5.02. The SMILES string of the molecule is CC(=O)NCCCS(=O)(=O)OCC(C)(C)[C@@H](O[Si](C)(C)C(C)(C)C)C(=O)O. The maximum atomic E-state index is 12.0. The summed E-state index contributed by atoms with van der Waals surface area (Å²) in [5, 5.41) is 12.0. The molecule has 27 heavy (non-hydrogen) atoms. The lowest BCUT2D eigenvalue weighted by atomic mass is 9.88. The lowest BCUT2D eigenvalue weighted by molar-refractivity contribution is -0.153. The molecule has 0 radical (unpaired) electrons. The predicted octanol–water partition coefficient (Wildman–Crippen LogP) is 2.36. The summed E-state index contributed by atoms with van der Waals surface area (Å²) < 4.78 is 35.2. The first-order valence-electron chi connectivity index (χ1n) is 8.93. The molecule has 0 heterocycles. The average molecular weight is 426 g/mol. The second-order valence-electron chi connectivity index (χ2n) is 8.95. The van der Waals surface area contributed by atoms with Gasteiger partial charge in [0.25, 0.3) is 10.1 Å². The Morgan fingerprint density at radius 1 is 1.15 bits per heavy atom. The maximum absolute atomic E-state index is 12.0. The van der Waals surface area contributed by atoms with Crippen molar-refractivity contribution < 1.29 is 31.7 Å². The molecule has 0 aliphatic carbocycles. The smallest absolute Gasteiger partial charge is 0.332 e. The Labute approximate surface area is 164 Å². The van der Waals surface area contributed by atoms with Crippen molar-refractivity contribution in [3.05, 3.63) is 0 Å². The first kappa shape index (κ1) is 26.0. The van der Waals surface area contributed by atoms with E-state index in [4.69, 9.17) is 8.61 Å². The van der Waals surface area contributed by atoms with Gasteiger partial charge in [-0.05, 0) is 24.6 Å². The number of hydrogen-bond donors (Lipinski definition) is 2. The Morgan fingerprint density at radius 2 is 1.67 bits per heavy atom. The summed E-state index contributed by atoms with van der Waals surface area (Å²) in [6.45, 7) is 14.4. The highest BCUT2D eigenvalue weighted by Crippen LogP contribution is 2.40. The van der Waals surface area contributed by atoms with Gasteiger partial charge in [0.1, 0.15) is 0 Å². The van der Waals surface area contributed by atoms with Crippen LogP contribution in [0.25, 0.3) is 0 Å². The van der Waals surface area contributed by atoms with Gasteiger partial charge in [-0.2, -0.15) is 8.42 Å². The van der Waals surface area contributed by atoms with Crippen molar-refractivity contribution in [3.63, 3.8) is 0 Å². The number of carboxylic acid groups (broad SMARTS) is 1. The minimum atomic E-state index is -3.83. The number of carbonyl (C=O) groups is 2. The van der Waals surface area contributed by atoms with Gasteiger partial charge in [-0.15, -0.1) is 0 Å². The third-order valence-corrected chi connectivity index (χ3v) is 10.4. The van der Waals surface area contributed by atoms with Gasteiger partial charge in [0.15, 0.2) is 14.4 Å². The quantitative estimate of drug-likeness (QED) is 0.296. The molecule has 0 aromatic carbocycles. The highest BCUT2D eigenvalue weighted by molar-refractivity contribution is 7.86. The molecule has 0 aromatic heterocycles. The van der Waals surface area contributed by atoms with Gasteiger partial charge < -0.3 is 14.8 Å². The fraction of sp³-hybridized carbons (Fsp3) is 0.882. The van der Waals surface area contributed by atoms with Crippen LogP contribution in [0.5, 0.6) is 0 Å². The molecule has 8 nitrogen and oxygen atoms in total. The van der Waals surface area contributed by atoms with E-state index in [1.54, 1.807) is 13.8 Å². The maximum Gasteiger partial charge on any atom is 0.332 e. The van der Waals surface area contributed by atoms with Crippen molar-refractivity contribution in [3.8, 4) is 0 Å². The van der Waals surface area contributed by atoms with Crippen LogP contribution in [-0.2, 0) is 28.3 Å². The number of carbonyl (C=O) groups excluding carboxylic acids is 1. The Kier molecular flexibility index (Phi) is 9.14. The molecule has 0 bridgehead atoms. The molecule has 160 valence electrons. The molecule has 10 heteroatoms. The van der Waals surface area contributed by atoms with Crippen molar-refractivity contribution in [2.45, 2.75) is 72.2 Å². The minimum absolute atomic E-state index is 0.187. The zero-order valence-electron chi connectivity index (χ0n) is 17.7. The van der Waals surface area contributed by atoms with Crippen LogP contribution in [0.1, 0.15) is 48.0 Å². The van der Waals surface area contributed by atoms with E-state index >= 15 is 0 Å². The molecule has 0 spiro atoms. The van der Waals surface area contributed by atoms with Crippen molar-refractivity contribution in [1.82, 2.24) is 5.32 Å². The second kappa shape index (κ2) is 9.49. The second-order valence-corrected chi connectivity index (χ2v) is 15.5. The van der Waals surface area contributed by atoms with Crippen LogP contribution in [0.15, 0.2) is 0 Å². The van der Waals surface area contributed by atoms with E-state index in [1.807, 2.05) is 33.9 Å². The molecule has 0 unspecified atom stereocenters. The molecule has 0 saturated carbocycles. The number of rotatable bonds is 11. The number of nitrogens with one attached hydrogen (secondary N) is 1. The van der Waals surface area contributed by atoms with E-state index in [2.05, 4.69) is 5.32 Å². The van der Waals surface area contributed by atoms with E-state index < -0.39 is 35.9 Å². The van der Waals surface area contributed by atoms with Crippen LogP contribution in [0, 0.1) is 5.41 Å². The van der Waals surface area contributed by atoms with E-state index in [9.17, 15) is 23.1 Å². The summed E-state index contributed by atoms with van der Waals surface area (Å²) in [5.41, 5.74) is -1.05. The summed E-state index contributed by atoms with van der Waals surface area (Å²) in [7, 11) is -6.21. The number of carboxylic acids is 1. The van der Waals surface area contributed by atoms with Crippen LogP contribution in [0.3, 0.4) is 0 Å². The van der Waals surface area contributed by atoms with E-state index in [0.29, 0.717) is 0 Å². The first-order valence-corrected chi connectivity index (χ1v) is 13.4. The highest BCUT2D eigenvalue weighted by atomic mass is 32.2. The van der Waals surface area contributed by atoms with Crippen LogP contribution in [0.2, 0.25) is 18.1 Å². The van der Waals surface area contributed by atoms with Crippen LogP contribution < -0.4 is 5.32 Å². The lowest BCUT2D eigenvalue weighted by Gasteiger charge is -2.42. The van der Waals surface area contributed by atoms with Crippen molar-refractivity contribution in [1.29, 1.82) is 0 Å². The summed E-state index contributed by atoms with van der Waals surface area (Å²) >= 11 is 0. The van der Waals surface area contributed by atoms with Gasteiger partial charge in [-0.3, -0.25) is 8.98 Å². The highest BCUT2D eigenvalue weighted by Gasteiger charge is 2.46. The Bertz CT molecular complexity index is 624. The van der Waals surface area contributed by atoms with Gasteiger partial charge in [-0.1, -0.05) is 34.6 Å². The molecular weight excluding hydrogens is 390 g/mol. The summed E-state index contributed by atoms with van der Waals surface area (Å²) in [6.07, 6.45) is -0.974. The summed E-state index contributed by atoms with van der Waals surface area (Å²) in [6, 6.07) is 0. The molecule has 1 atom stereocenters. The molecule has 0 fully saturated rings. The van der Waals surface area contributed by atoms with Gasteiger partial charge in [0, 0.05) is 18.9 Å². The molecule has 0 aromatic rings. The normalized spacial score (nSPS) is 14.7.